The molecule has 2 rings (SSSR count). The minimum absolute atomic E-state index is 0.0488. The average Bonchev–Trinajstić information content (AvgIpc) is 2.73. The van der Waals surface area contributed by atoms with Crippen LogP contribution in [0.1, 0.15) is 5.56 Å². The Morgan fingerprint density at radius 3 is 2.82 bits per heavy atom. The number of carbonyl (C=O) groups excluding carboxylic acids is 1. The molecule has 1 aliphatic rings. The average molecular weight is 410 g/mol. The SMILES string of the molecule is COCCNC(=S)N/N=C/c1ccc(OCC(=O)N2CCOCC2)c(OC)c1. The Kier molecular flexibility index (Phi) is 9.46. The molecule has 1 heterocycles. The van der Waals surface area contributed by atoms with Gasteiger partial charge in [-0.05, 0) is 36.0 Å². The van der Waals surface area contributed by atoms with Gasteiger partial charge in [0.25, 0.3) is 5.91 Å². The van der Waals surface area contributed by atoms with E-state index in [4.69, 9.17) is 31.2 Å². The number of nitrogens with zero attached hydrogens (tertiary/aromatic N) is 2. The lowest BCUT2D eigenvalue weighted by Gasteiger charge is -2.26. The molecule has 0 spiro atoms. The van der Waals surface area contributed by atoms with Crippen LogP contribution in [-0.2, 0) is 14.3 Å². The second-order valence-corrected chi connectivity index (χ2v) is 6.22. The Bertz CT molecular complexity index is 680. The van der Waals surface area contributed by atoms with Crippen LogP contribution in [0.3, 0.4) is 0 Å². The van der Waals surface area contributed by atoms with Crippen LogP contribution in [-0.4, -0.2) is 82.4 Å². The lowest BCUT2D eigenvalue weighted by Crippen LogP contribution is -2.43. The number of rotatable bonds is 9. The van der Waals surface area contributed by atoms with Crippen LogP contribution in [0.25, 0.3) is 0 Å². The molecule has 0 radical (unpaired) electrons. The Morgan fingerprint density at radius 1 is 1.32 bits per heavy atom. The molecule has 0 unspecified atom stereocenters. The highest BCUT2D eigenvalue weighted by Gasteiger charge is 2.18. The maximum atomic E-state index is 12.2. The van der Waals surface area contributed by atoms with Gasteiger partial charge < -0.3 is 29.2 Å². The number of amides is 1. The number of methoxy groups -OCH3 is 2. The molecule has 10 heteroatoms. The first-order chi connectivity index (χ1) is 13.6. The largest absolute Gasteiger partial charge is 0.493 e. The summed E-state index contributed by atoms with van der Waals surface area (Å²) in [5, 5.41) is 7.43. The number of benzene rings is 1. The summed E-state index contributed by atoms with van der Waals surface area (Å²) in [6, 6.07) is 5.31. The van der Waals surface area contributed by atoms with Crippen molar-refractivity contribution >= 4 is 29.5 Å². The van der Waals surface area contributed by atoms with Crippen LogP contribution in [0.15, 0.2) is 23.3 Å². The van der Waals surface area contributed by atoms with Gasteiger partial charge in [0, 0.05) is 26.7 Å². The van der Waals surface area contributed by atoms with Gasteiger partial charge in [0.2, 0.25) is 0 Å². The van der Waals surface area contributed by atoms with Gasteiger partial charge in [-0.2, -0.15) is 5.10 Å². The summed E-state index contributed by atoms with van der Waals surface area (Å²) >= 11 is 5.08. The Morgan fingerprint density at radius 2 is 2.11 bits per heavy atom. The molecule has 1 fully saturated rings. The molecule has 1 aromatic carbocycles. The predicted molar refractivity (Wildman–Crippen MR) is 109 cm³/mol. The van der Waals surface area contributed by atoms with Gasteiger partial charge in [0.1, 0.15) is 0 Å². The Hall–Kier alpha value is -2.43. The van der Waals surface area contributed by atoms with Gasteiger partial charge in [-0.3, -0.25) is 10.2 Å². The molecule has 0 aromatic heterocycles. The second-order valence-electron chi connectivity index (χ2n) is 5.81. The lowest BCUT2D eigenvalue weighted by atomic mass is 10.2. The summed E-state index contributed by atoms with van der Waals surface area (Å²) in [6.07, 6.45) is 1.61. The quantitative estimate of drug-likeness (QED) is 0.261. The van der Waals surface area contributed by atoms with E-state index in [-0.39, 0.29) is 12.5 Å². The summed E-state index contributed by atoms with van der Waals surface area (Å²) in [7, 11) is 3.16. The third kappa shape index (κ3) is 7.29. The van der Waals surface area contributed by atoms with Crippen molar-refractivity contribution in [3.63, 3.8) is 0 Å². The van der Waals surface area contributed by atoms with E-state index < -0.39 is 0 Å². The van der Waals surface area contributed by atoms with E-state index in [9.17, 15) is 4.79 Å². The summed E-state index contributed by atoms with van der Waals surface area (Å²) in [5.74, 6) is 0.931. The third-order valence-electron chi connectivity index (χ3n) is 3.87. The van der Waals surface area contributed by atoms with Crippen molar-refractivity contribution < 1.29 is 23.7 Å². The van der Waals surface area contributed by atoms with E-state index in [1.807, 2.05) is 6.07 Å². The highest BCUT2D eigenvalue weighted by Crippen LogP contribution is 2.27. The molecule has 28 heavy (non-hydrogen) atoms. The normalized spacial score (nSPS) is 14.0. The fourth-order valence-electron chi connectivity index (χ4n) is 2.40. The molecule has 154 valence electrons. The van der Waals surface area contributed by atoms with Gasteiger partial charge in [0.15, 0.2) is 23.2 Å². The molecule has 0 aliphatic carbocycles. The molecule has 1 aliphatic heterocycles. The number of ether oxygens (including phenoxy) is 4. The second kappa shape index (κ2) is 12.1. The van der Waals surface area contributed by atoms with E-state index in [0.717, 1.165) is 5.56 Å². The van der Waals surface area contributed by atoms with Crippen molar-refractivity contribution in [2.45, 2.75) is 0 Å². The zero-order valence-corrected chi connectivity index (χ0v) is 16.9. The van der Waals surface area contributed by atoms with Crippen molar-refractivity contribution in [3.8, 4) is 11.5 Å². The molecule has 9 nitrogen and oxygen atoms in total. The number of carbonyl (C=O) groups is 1. The van der Waals surface area contributed by atoms with Crippen molar-refractivity contribution in [2.75, 3.05) is 60.3 Å². The summed E-state index contributed by atoms with van der Waals surface area (Å²) in [6.45, 7) is 3.39. The molecule has 0 atom stereocenters. The summed E-state index contributed by atoms with van der Waals surface area (Å²) in [4.78, 5) is 13.9. The molecule has 2 N–H and O–H groups in total. The first-order valence-corrected chi connectivity index (χ1v) is 9.27. The van der Waals surface area contributed by atoms with Crippen LogP contribution >= 0.6 is 12.2 Å². The molecular weight excluding hydrogens is 384 g/mol. The minimum Gasteiger partial charge on any atom is -0.493 e. The summed E-state index contributed by atoms with van der Waals surface area (Å²) < 4.78 is 21.2. The van der Waals surface area contributed by atoms with Gasteiger partial charge in [-0.15, -0.1) is 0 Å². The Labute approximate surface area is 170 Å². The molecular formula is C18H26N4O5S. The monoisotopic (exact) mass is 410 g/mol. The molecule has 0 saturated carbocycles. The van der Waals surface area contributed by atoms with Gasteiger partial charge >= 0.3 is 0 Å². The van der Waals surface area contributed by atoms with E-state index in [2.05, 4.69) is 15.8 Å². The van der Waals surface area contributed by atoms with Crippen LogP contribution in [0, 0.1) is 0 Å². The maximum Gasteiger partial charge on any atom is 0.260 e. The standard InChI is InChI=1S/C18H26N4O5S/c1-24-8-5-19-18(28)21-20-12-14-3-4-15(16(11-14)25-2)27-13-17(23)22-6-9-26-10-7-22/h3-4,11-12H,5-10,13H2,1-2H3,(H2,19,21,28)/b20-12+. The highest BCUT2D eigenvalue weighted by atomic mass is 32.1. The topological polar surface area (TPSA) is 93.6 Å². The van der Waals surface area contributed by atoms with Crippen LogP contribution in [0.5, 0.6) is 11.5 Å². The third-order valence-corrected chi connectivity index (χ3v) is 4.11. The van der Waals surface area contributed by atoms with Crippen molar-refractivity contribution in [1.29, 1.82) is 0 Å². The molecule has 1 amide bonds. The summed E-state index contributed by atoms with van der Waals surface area (Å²) in [5.41, 5.74) is 3.51. The zero-order chi connectivity index (χ0) is 20.2. The number of thiocarbonyl (C=S) groups is 1. The fraction of sp³-hybridized carbons (Fsp3) is 0.500. The minimum atomic E-state index is -0.0744. The van der Waals surface area contributed by atoms with Crippen LogP contribution < -0.4 is 20.2 Å². The van der Waals surface area contributed by atoms with Gasteiger partial charge in [0.05, 0.1) is 33.1 Å². The fourth-order valence-corrected chi connectivity index (χ4v) is 2.55. The Balaban J connectivity index is 1.85. The number of morpholine rings is 1. The molecule has 1 aromatic rings. The molecule has 0 bridgehead atoms. The van der Waals surface area contributed by atoms with Crippen LogP contribution in [0.2, 0.25) is 0 Å². The first-order valence-electron chi connectivity index (χ1n) is 8.86. The number of hydrazone groups is 1. The lowest BCUT2D eigenvalue weighted by molar-refractivity contribution is -0.137. The van der Waals surface area contributed by atoms with Crippen LogP contribution in [0.4, 0.5) is 0 Å². The zero-order valence-electron chi connectivity index (χ0n) is 16.1. The highest BCUT2D eigenvalue weighted by molar-refractivity contribution is 7.80. The van der Waals surface area contributed by atoms with Gasteiger partial charge in [-0.25, -0.2) is 0 Å². The van der Waals surface area contributed by atoms with E-state index >= 15 is 0 Å². The van der Waals surface area contributed by atoms with E-state index in [1.165, 1.54) is 0 Å². The van der Waals surface area contributed by atoms with E-state index in [0.29, 0.717) is 56.1 Å². The maximum absolute atomic E-state index is 12.2. The predicted octanol–water partition coefficient (Wildman–Crippen LogP) is 0.377. The van der Waals surface area contributed by atoms with Crippen molar-refractivity contribution in [3.05, 3.63) is 23.8 Å². The first kappa shape index (κ1) is 21.9. The molecule has 1 saturated heterocycles. The van der Waals surface area contributed by atoms with Crippen molar-refractivity contribution in [2.24, 2.45) is 5.10 Å². The van der Waals surface area contributed by atoms with Crippen molar-refractivity contribution in [1.82, 2.24) is 15.6 Å². The number of hydrogen-bond donors (Lipinski definition) is 2. The smallest absolute Gasteiger partial charge is 0.260 e. The number of nitrogens with one attached hydrogen (secondary N) is 2. The number of hydrogen-bond acceptors (Lipinski definition) is 7. The van der Waals surface area contributed by atoms with E-state index in [1.54, 1.807) is 37.5 Å². The van der Waals surface area contributed by atoms with Gasteiger partial charge in [-0.1, -0.05) is 0 Å².